The molecule has 9 rings (SSSR count). The first-order chi connectivity index (χ1) is 29.5. The van der Waals surface area contributed by atoms with Crippen LogP contribution in [0.4, 0.5) is 45.5 Å². The Labute approximate surface area is 352 Å². The average molecular weight is 785 g/mol. The third-order valence-electron chi connectivity index (χ3n) is 11.5. The van der Waals surface area contributed by atoms with Crippen LogP contribution >= 0.6 is 0 Å². The van der Waals surface area contributed by atoms with E-state index in [9.17, 15) is 0 Å². The van der Waals surface area contributed by atoms with Crippen molar-refractivity contribution in [3.63, 3.8) is 0 Å². The summed E-state index contributed by atoms with van der Waals surface area (Å²) in [5, 5.41) is 0. The molecule has 1 aliphatic rings. The summed E-state index contributed by atoms with van der Waals surface area (Å²) in [6.07, 6.45) is 5.89. The zero-order chi connectivity index (χ0) is 40.7. The van der Waals surface area contributed by atoms with Crippen molar-refractivity contribution < 1.29 is 9.47 Å². The maximum Gasteiger partial charge on any atom is 0.127 e. The first-order valence-corrected chi connectivity index (χ1v) is 20.7. The Hall–Kier alpha value is -7.44. The second-order valence-corrected chi connectivity index (χ2v) is 15.4. The molecular formula is C54H48N4O2. The Bertz CT molecular complexity index is 2410. The lowest BCUT2D eigenvalue weighted by Crippen LogP contribution is -2.30. The molecule has 0 spiro atoms. The Kier molecular flexibility index (Phi) is 10.9. The number of anilines is 8. The van der Waals surface area contributed by atoms with Gasteiger partial charge in [-0.05, 0) is 170 Å². The van der Waals surface area contributed by atoms with Gasteiger partial charge in [0, 0.05) is 50.9 Å². The zero-order valence-electron chi connectivity index (χ0n) is 33.5. The fourth-order valence-corrected chi connectivity index (χ4v) is 8.48. The van der Waals surface area contributed by atoms with Crippen LogP contribution in [-0.2, 0) is 5.41 Å². The van der Waals surface area contributed by atoms with Crippen molar-refractivity contribution in [1.29, 1.82) is 0 Å². The quantitative estimate of drug-likeness (QED) is 0.120. The average Bonchev–Trinajstić information content (AvgIpc) is 3.31. The van der Waals surface area contributed by atoms with E-state index in [-0.39, 0.29) is 5.41 Å². The number of ether oxygens (including phenoxy) is 2. The van der Waals surface area contributed by atoms with Crippen LogP contribution in [0, 0.1) is 0 Å². The van der Waals surface area contributed by atoms with Crippen LogP contribution in [0.3, 0.4) is 0 Å². The SMILES string of the molecule is Nc1ccc(Oc2ccc(N(c3ccccc3)c3ccc(C4(c5ccc(N(c6ccccc6)c6ccc(Oc7ccc(N)cc7)cc6)cc5)CCCCC4)cc3)cc2)cc1. The Morgan fingerprint density at radius 2 is 0.600 bits per heavy atom. The van der Waals surface area contributed by atoms with Gasteiger partial charge < -0.3 is 30.7 Å². The number of para-hydroxylation sites is 2. The highest BCUT2D eigenvalue weighted by Crippen LogP contribution is 2.47. The molecule has 0 radical (unpaired) electrons. The van der Waals surface area contributed by atoms with E-state index in [1.54, 1.807) is 0 Å². The minimum atomic E-state index is -0.0767. The van der Waals surface area contributed by atoms with Crippen molar-refractivity contribution in [3.05, 3.63) is 217 Å². The molecule has 0 unspecified atom stereocenters. The molecule has 6 nitrogen and oxygen atoms in total. The molecule has 8 aromatic carbocycles. The van der Waals surface area contributed by atoms with Crippen LogP contribution in [-0.4, -0.2) is 0 Å². The van der Waals surface area contributed by atoms with E-state index in [0.717, 1.165) is 70.0 Å². The molecule has 0 bridgehead atoms. The summed E-state index contributed by atoms with van der Waals surface area (Å²) < 4.78 is 12.2. The zero-order valence-corrected chi connectivity index (χ0v) is 33.5. The molecule has 1 saturated carbocycles. The normalized spacial score (nSPS) is 13.3. The third kappa shape index (κ3) is 8.27. The van der Waals surface area contributed by atoms with E-state index in [1.165, 1.54) is 30.4 Å². The van der Waals surface area contributed by atoms with Crippen LogP contribution in [0.2, 0.25) is 0 Å². The lowest BCUT2D eigenvalue weighted by Gasteiger charge is -2.39. The topological polar surface area (TPSA) is 77.0 Å². The fourth-order valence-electron chi connectivity index (χ4n) is 8.48. The van der Waals surface area contributed by atoms with E-state index in [2.05, 4.69) is 143 Å². The molecule has 1 fully saturated rings. The molecule has 0 saturated heterocycles. The highest BCUT2D eigenvalue weighted by Gasteiger charge is 2.36. The van der Waals surface area contributed by atoms with Crippen molar-refractivity contribution in [2.45, 2.75) is 37.5 Å². The van der Waals surface area contributed by atoms with E-state index >= 15 is 0 Å². The molecule has 0 aliphatic heterocycles. The minimum absolute atomic E-state index is 0.0767. The highest BCUT2D eigenvalue weighted by atomic mass is 16.5. The molecule has 0 atom stereocenters. The molecular weight excluding hydrogens is 737 g/mol. The van der Waals surface area contributed by atoms with E-state index in [0.29, 0.717) is 11.4 Å². The van der Waals surface area contributed by atoms with Crippen LogP contribution in [0.25, 0.3) is 0 Å². The van der Waals surface area contributed by atoms with Gasteiger partial charge in [0.15, 0.2) is 0 Å². The van der Waals surface area contributed by atoms with Crippen molar-refractivity contribution in [1.82, 2.24) is 0 Å². The molecule has 0 amide bonds. The predicted octanol–water partition coefficient (Wildman–Crippen LogP) is 14.6. The van der Waals surface area contributed by atoms with Gasteiger partial charge in [0.2, 0.25) is 0 Å². The van der Waals surface area contributed by atoms with Gasteiger partial charge in [-0.3, -0.25) is 0 Å². The lowest BCUT2D eigenvalue weighted by atomic mass is 9.65. The summed E-state index contributed by atoms with van der Waals surface area (Å²) >= 11 is 0. The number of nitrogens with zero attached hydrogens (tertiary/aromatic N) is 2. The Morgan fingerprint density at radius 1 is 0.317 bits per heavy atom. The van der Waals surface area contributed by atoms with Gasteiger partial charge in [-0.1, -0.05) is 79.9 Å². The van der Waals surface area contributed by atoms with Crippen molar-refractivity contribution in [3.8, 4) is 23.0 Å². The van der Waals surface area contributed by atoms with Gasteiger partial charge in [0.25, 0.3) is 0 Å². The smallest absolute Gasteiger partial charge is 0.127 e. The molecule has 296 valence electrons. The number of nitrogens with two attached hydrogens (primary N) is 2. The van der Waals surface area contributed by atoms with Crippen molar-refractivity contribution in [2.24, 2.45) is 0 Å². The van der Waals surface area contributed by atoms with Crippen molar-refractivity contribution in [2.75, 3.05) is 21.3 Å². The van der Waals surface area contributed by atoms with E-state index in [4.69, 9.17) is 20.9 Å². The number of hydrogen-bond donors (Lipinski definition) is 2. The van der Waals surface area contributed by atoms with Crippen LogP contribution in [0.1, 0.15) is 43.2 Å². The highest BCUT2D eigenvalue weighted by molar-refractivity contribution is 5.78. The maximum atomic E-state index is 6.12. The molecule has 0 heterocycles. The van der Waals surface area contributed by atoms with Gasteiger partial charge in [-0.25, -0.2) is 0 Å². The standard InChI is InChI=1S/C54H48N4O2/c55-42-18-30-50(31-19-42)59-52-34-26-48(27-35-52)57(44-10-4-1-5-11-44)46-22-14-40(15-23-46)54(38-8-3-9-39-54)41-16-24-47(25-17-41)58(45-12-6-2-7-13-45)49-28-36-53(37-29-49)60-51-32-20-43(56)21-33-51/h1-2,4-7,10-37H,3,8-9,38-39,55-56H2. The fraction of sp³-hybridized carbons (Fsp3) is 0.111. The number of nitrogen functional groups attached to an aromatic ring is 2. The molecule has 6 heteroatoms. The summed E-state index contributed by atoms with van der Waals surface area (Å²) in [4.78, 5) is 4.60. The second kappa shape index (κ2) is 17.2. The minimum Gasteiger partial charge on any atom is -0.457 e. The first-order valence-electron chi connectivity index (χ1n) is 20.7. The second-order valence-electron chi connectivity index (χ2n) is 15.4. The summed E-state index contributed by atoms with van der Waals surface area (Å²) in [6, 6.07) is 71.0. The molecule has 1 aliphatic carbocycles. The van der Waals surface area contributed by atoms with Crippen LogP contribution < -0.4 is 30.7 Å². The summed E-state index contributed by atoms with van der Waals surface area (Å²) in [5.74, 6) is 3.03. The predicted molar refractivity (Wildman–Crippen MR) is 248 cm³/mol. The van der Waals surface area contributed by atoms with Gasteiger partial charge in [-0.15, -0.1) is 0 Å². The number of hydrogen-bond acceptors (Lipinski definition) is 6. The monoisotopic (exact) mass is 784 g/mol. The Balaban J connectivity index is 1.00. The number of benzene rings is 8. The third-order valence-corrected chi connectivity index (χ3v) is 11.5. The van der Waals surface area contributed by atoms with Crippen molar-refractivity contribution >= 4 is 45.5 Å². The van der Waals surface area contributed by atoms with E-state index < -0.39 is 0 Å². The molecule has 4 N–H and O–H groups in total. The first kappa shape index (κ1) is 38.1. The van der Waals surface area contributed by atoms with Crippen LogP contribution in [0.15, 0.2) is 206 Å². The molecule has 60 heavy (non-hydrogen) atoms. The van der Waals surface area contributed by atoms with Gasteiger partial charge >= 0.3 is 0 Å². The Morgan fingerprint density at radius 3 is 0.933 bits per heavy atom. The lowest BCUT2D eigenvalue weighted by molar-refractivity contribution is 0.346. The van der Waals surface area contributed by atoms with Gasteiger partial charge in [-0.2, -0.15) is 0 Å². The number of rotatable bonds is 12. The van der Waals surface area contributed by atoms with Crippen LogP contribution in [0.5, 0.6) is 23.0 Å². The van der Waals surface area contributed by atoms with Gasteiger partial charge in [0.1, 0.15) is 23.0 Å². The molecule has 8 aromatic rings. The van der Waals surface area contributed by atoms with Gasteiger partial charge in [0.05, 0.1) is 0 Å². The largest absolute Gasteiger partial charge is 0.457 e. The maximum absolute atomic E-state index is 6.12. The summed E-state index contributed by atoms with van der Waals surface area (Å²) in [7, 11) is 0. The summed E-state index contributed by atoms with van der Waals surface area (Å²) in [5.41, 5.74) is 22.3. The van der Waals surface area contributed by atoms with E-state index in [1.807, 2.05) is 72.8 Å². The summed E-state index contributed by atoms with van der Waals surface area (Å²) in [6.45, 7) is 0. The molecule has 0 aromatic heterocycles.